The molecule has 2 amide bonds. The zero-order valence-electron chi connectivity index (χ0n) is 16.5. The van der Waals surface area contributed by atoms with Crippen LogP contribution in [0.3, 0.4) is 0 Å². The van der Waals surface area contributed by atoms with Crippen LogP contribution in [0.5, 0.6) is 5.75 Å². The fraction of sp³-hybridized carbons (Fsp3) is 0.286. The van der Waals surface area contributed by atoms with E-state index in [9.17, 15) is 9.59 Å². The molecule has 3 heterocycles. The molecule has 2 aromatic rings. The number of fused-ring (bicyclic) bond motifs is 1. The summed E-state index contributed by atoms with van der Waals surface area (Å²) < 4.78 is 5.66. The summed E-state index contributed by atoms with van der Waals surface area (Å²) in [5, 5.41) is 2.67. The number of aromatic nitrogens is 3. The summed E-state index contributed by atoms with van der Waals surface area (Å²) in [5.74, 6) is -0.0367. The summed E-state index contributed by atoms with van der Waals surface area (Å²) in [4.78, 5) is 39.5. The fourth-order valence-electron chi connectivity index (χ4n) is 2.96. The molecule has 0 saturated carbocycles. The number of pyridine rings is 1. The number of nitrogens with one attached hydrogen (secondary N) is 1. The van der Waals surface area contributed by atoms with E-state index in [4.69, 9.17) is 4.74 Å². The molecule has 0 fully saturated rings. The Labute approximate surface area is 169 Å². The Hall–Kier alpha value is -3.55. The third kappa shape index (κ3) is 4.31. The number of rotatable bonds is 6. The lowest BCUT2D eigenvalue weighted by Crippen LogP contribution is -2.49. The van der Waals surface area contributed by atoms with Gasteiger partial charge in [0.2, 0.25) is 5.82 Å². The van der Waals surface area contributed by atoms with Crippen molar-refractivity contribution >= 4 is 23.2 Å². The van der Waals surface area contributed by atoms with Crippen LogP contribution in [0.15, 0.2) is 43.8 Å². The Bertz CT molecular complexity index is 973. The summed E-state index contributed by atoms with van der Waals surface area (Å²) in [7, 11) is 1.59. The molecule has 2 aromatic heterocycles. The molecule has 8 nitrogen and oxygen atoms in total. The molecular weight excluding hydrogens is 370 g/mol. The quantitative estimate of drug-likeness (QED) is 0.757. The Morgan fingerprint density at radius 3 is 3.00 bits per heavy atom. The van der Waals surface area contributed by atoms with E-state index in [0.717, 1.165) is 17.6 Å². The van der Waals surface area contributed by atoms with E-state index in [-0.39, 0.29) is 18.3 Å². The average molecular weight is 393 g/mol. The van der Waals surface area contributed by atoms with E-state index in [1.165, 1.54) is 4.90 Å². The maximum Gasteiger partial charge on any atom is 0.289 e. The zero-order valence-corrected chi connectivity index (χ0v) is 16.5. The van der Waals surface area contributed by atoms with Crippen molar-refractivity contribution in [1.29, 1.82) is 0 Å². The molecule has 1 atom stereocenters. The van der Waals surface area contributed by atoms with Crippen LogP contribution < -0.4 is 15.0 Å². The van der Waals surface area contributed by atoms with Gasteiger partial charge < -0.3 is 10.1 Å². The molecule has 1 aliphatic heterocycles. The van der Waals surface area contributed by atoms with Crippen molar-refractivity contribution in [2.24, 2.45) is 0 Å². The lowest BCUT2D eigenvalue weighted by Gasteiger charge is -2.19. The van der Waals surface area contributed by atoms with Gasteiger partial charge in [0.1, 0.15) is 12.6 Å². The number of aryl methyl sites for hydroxylation is 1. The maximum atomic E-state index is 12.7. The van der Waals surface area contributed by atoms with Crippen molar-refractivity contribution in [3.05, 3.63) is 60.8 Å². The minimum atomic E-state index is -0.890. The van der Waals surface area contributed by atoms with E-state index in [1.807, 2.05) is 6.92 Å². The van der Waals surface area contributed by atoms with Crippen molar-refractivity contribution in [3.63, 3.8) is 0 Å². The van der Waals surface area contributed by atoms with Gasteiger partial charge >= 0.3 is 0 Å². The Balaban J connectivity index is 1.77. The number of allylic oxidation sites excluding steroid dienone is 2. The topological polar surface area (TPSA) is 97.3 Å². The van der Waals surface area contributed by atoms with Gasteiger partial charge in [0.15, 0.2) is 11.6 Å². The zero-order chi connectivity index (χ0) is 21.0. The van der Waals surface area contributed by atoms with Gasteiger partial charge in [-0.2, -0.15) is 0 Å². The Morgan fingerprint density at radius 1 is 1.45 bits per heavy atom. The van der Waals surface area contributed by atoms with E-state index in [0.29, 0.717) is 23.7 Å². The monoisotopic (exact) mass is 393 g/mol. The number of likely N-dealkylation sites (N-methyl/N-ethyl adjacent to an activating group) is 1. The van der Waals surface area contributed by atoms with Crippen molar-refractivity contribution in [2.75, 3.05) is 18.6 Å². The van der Waals surface area contributed by atoms with Crippen LogP contribution in [0.1, 0.15) is 34.7 Å². The highest BCUT2D eigenvalue weighted by molar-refractivity contribution is 6.01. The highest BCUT2D eigenvalue weighted by atomic mass is 16.5. The van der Waals surface area contributed by atoms with Crippen LogP contribution in [0.25, 0.3) is 5.57 Å². The standard InChI is InChI=1S/C21H23N5O3/c1-5-6-8-13(2)17-14(3)11-23-18(25-17)20(27)24-15-12-29-16-9-7-10-22-19(16)26(4)21(15)28/h5,7,9-11,15H,1-2,6,8,12H2,3-4H3,(H,24,27)/t15-/m0/s1. The molecule has 0 aliphatic carbocycles. The van der Waals surface area contributed by atoms with Crippen LogP contribution in [-0.2, 0) is 4.79 Å². The summed E-state index contributed by atoms with van der Waals surface area (Å²) in [5.41, 5.74) is 2.25. The average Bonchev–Trinajstić information content (AvgIpc) is 2.84. The second kappa shape index (κ2) is 8.64. The number of carbonyl (C=O) groups is 2. The van der Waals surface area contributed by atoms with Crippen LogP contribution in [0.4, 0.5) is 5.82 Å². The second-order valence-corrected chi connectivity index (χ2v) is 6.72. The molecule has 0 saturated heterocycles. The lowest BCUT2D eigenvalue weighted by atomic mass is 10.1. The Morgan fingerprint density at radius 2 is 2.24 bits per heavy atom. The summed E-state index contributed by atoms with van der Waals surface area (Å²) in [6.07, 6.45) is 6.40. The van der Waals surface area contributed by atoms with Gasteiger partial charge in [-0.1, -0.05) is 12.7 Å². The number of nitrogens with zero attached hydrogens (tertiary/aromatic N) is 4. The number of hydrogen-bond donors (Lipinski definition) is 1. The number of ether oxygens (including phenoxy) is 1. The molecule has 1 aliphatic rings. The molecule has 0 spiro atoms. The first-order valence-corrected chi connectivity index (χ1v) is 9.21. The third-order valence-corrected chi connectivity index (χ3v) is 4.57. The first kappa shape index (κ1) is 20.2. The molecule has 0 unspecified atom stereocenters. The van der Waals surface area contributed by atoms with Gasteiger partial charge in [0, 0.05) is 19.4 Å². The van der Waals surface area contributed by atoms with Crippen LogP contribution >= 0.6 is 0 Å². The van der Waals surface area contributed by atoms with E-state index in [2.05, 4.69) is 33.4 Å². The number of amides is 2. The second-order valence-electron chi connectivity index (χ2n) is 6.72. The minimum Gasteiger partial charge on any atom is -0.487 e. The number of anilines is 1. The predicted octanol–water partition coefficient (Wildman–Crippen LogP) is 2.31. The first-order valence-electron chi connectivity index (χ1n) is 9.21. The Kier molecular flexibility index (Phi) is 6.01. The SMILES string of the molecule is C=CCCC(=C)c1nc(C(=O)N[C@H]2COc3cccnc3N(C)C2=O)ncc1C. The van der Waals surface area contributed by atoms with Crippen molar-refractivity contribution in [1.82, 2.24) is 20.3 Å². The van der Waals surface area contributed by atoms with Gasteiger partial charge in [-0.25, -0.2) is 15.0 Å². The fourth-order valence-corrected chi connectivity index (χ4v) is 2.96. The van der Waals surface area contributed by atoms with Gasteiger partial charge in [-0.05, 0) is 43.0 Å². The van der Waals surface area contributed by atoms with Gasteiger partial charge in [0.25, 0.3) is 11.8 Å². The minimum absolute atomic E-state index is 0.0155. The molecular formula is C21H23N5O3. The molecule has 8 heteroatoms. The van der Waals surface area contributed by atoms with Crippen LogP contribution in [0.2, 0.25) is 0 Å². The molecule has 0 aromatic carbocycles. The number of hydrogen-bond acceptors (Lipinski definition) is 6. The van der Waals surface area contributed by atoms with Crippen molar-refractivity contribution in [3.8, 4) is 5.75 Å². The highest BCUT2D eigenvalue weighted by Crippen LogP contribution is 2.27. The molecule has 1 N–H and O–H groups in total. The van der Waals surface area contributed by atoms with Crippen molar-refractivity contribution in [2.45, 2.75) is 25.8 Å². The van der Waals surface area contributed by atoms with Gasteiger partial charge in [-0.3, -0.25) is 14.5 Å². The lowest BCUT2D eigenvalue weighted by molar-refractivity contribution is -0.120. The van der Waals surface area contributed by atoms with Crippen LogP contribution in [-0.4, -0.2) is 46.5 Å². The number of carbonyl (C=O) groups excluding carboxylic acids is 2. The molecule has 3 rings (SSSR count). The third-order valence-electron chi connectivity index (χ3n) is 4.57. The smallest absolute Gasteiger partial charge is 0.289 e. The summed E-state index contributed by atoms with van der Waals surface area (Å²) in [6, 6.07) is 2.55. The summed E-state index contributed by atoms with van der Waals surface area (Å²) >= 11 is 0. The summed E-state index contributed by atoms with van der Waals surface area (Å²) in [6.45, 7) is 9.59. The van der Waals surface area contributed by atoms with Gasteiger partial charge in [-0.15, -0.1) is 6.58 Å². The van der Waals surface area contributed by atoms with Crippen LogP contribution in [0, 0.1) is 6.92 Å². The first-order chi connectivity index (χ1) is 13.9. The predicted molar refractivity (Wildman–Crippen MR) is 110 cm³/mol. The van der Waals surface area contributed by atoms with Gasteiger partial charge in [0.05, 0.1) is 5.69 Å². The maximum absolute atomic E-state index is 12.7. The molecule has 29 heavy (non-hydrogen) atoms. The van der Waals surface area contributed by atoms with E-state index < -0.39 is 11.9 Å². The molecule has 0 radical (unpaired) electrons. The largest absolute Gasteiger partial charge is 0.487 e. The molecule has 150 valence electrons. The van der Waals surface area contributed by atoms with Crippen molar-refractivity contribution < 1.29 is 14.3 Å². The van der Waals surface area contributed by atoms with E-state index in [1.54, 1.807) is 37.7 Å². The normalized spacial score (nSPS) is 15.7. The van der Waals surface area contributed by atoms with E-state index >= 15 is 0 Å². The molecule has 0 bridgehead atoms. The highest BCUT2D eigenvalue weighted by Gasteiger charge is 2.32.